The number of methoxy groups -OCH3 is 1. The molecule has 1 unspecified atom stereocenters. The minimum absolute atomic E-state index is 0. The maximum Gasteiger partial charge on any atom is 0.224 e. The predicted octanol–water partition coefficient (Wildman–Crippen LogP) is 3.76. The molecule has 1 aromatic carbocycles. The number of carbonyl (C=O) groups is 1. The summed E-state index contributed by atoms with van der Waals surface area (Å²) in [5.74, 6) is 1.90. The molecule has 8 heteroatoms. The van der Waals surface area contributed by atoms with Crippen LogP contribution in [-0.4, -0.2) is 56.2 Å². The average Bonchev–Trinajstić information content (AvgIpc) is 3.32. The number of nitrogens with one attached hydrogen (secondary N) is 2. The molecule has 3 rings (SSSR count). The fraction of sp³-hybridized carbons (Fsp3) is 0.500. The van der Waals surface area contributed by atoms with Crippen molar-refractivity contribution in [2.45, 2.75) is 44.7 Å². The van der Waals surface area contributed by atoms with E-state index in [0.29, 0.717) is 19.6 Å². The molecule has 32 heavy (non-hydrogen) atoms. The van der Waals surface area contributed by atoms with Crippen LogP contribution in [0.2, 0.25) is 0 Å². The largest absolute Gasteiger partial charge is 0.469 e. The van der Waals surface area contributed by atoms with Crippen molar-refractivity contribution in [3.8, 4) is 0 Å². The minimum Gasteiger partial charge on any atom is -0.469 e. The second kappa shape index (κ2) is 14.2. The Morgan fingerprint density at radius 1 is 1.22 bits per heavy atom. The number of furan rings is 1. The van der Waals surface area contributed by atoms with Gasteiger partial charge < -0.3 is 24.7 Å². The molecule has 176 valence electrons. The number of halogens is 1. The van der Waals surface area contributed by atoms with Gasteiger partial charge in [-0.1, -0.05) is 30.3 Å². The summed E-state index contributed by atoms with van der Waals surface area (Å²) in [5, 5.41) is 7.12. The molecule has 1 aliphatic heterocycles. The van der Waals surface area contributed by atoms with Gasteiger partial charge in [-0.05, 0) is 37.5 Å². The summed E-state index contributed by atoms with van der Waals surface area (Å²) in [6.45, 7) is 4.77. The smallest absolute Gasteiger partial charge is 0.224 e. The van der Waals surface area contributed by atoms with Gasteiger partial charge in [0, 0.05) is 39.2 Å². The van der Waals surface area contributed by atoms with Crippen LogP contribution in [0.1, 0.15) is 43.6 Å². The highest BCUT2D eigenvalue weighted by Crippen LogP contribution is 2.14. The molecule has 1 fully saturated rings. The van der Waals surface area contributed by atoms with Crippen molar-refractivity contribution in [3.05, 3.63) is 60.1 Å². The fourth-order valence-electron chi connectivity index (χ4n) is 3.71. The lowest BCUT2D eigenvalue weighted by atomic mass is 10.0. The van der Waals surface area contributed by atoms with E-state index in [4.69, 9.17) is 14.1 Å². The Kier molecular flexibility index (Phi) is 11.6. The van der Waals surface area contributed by atoms with E-state index in [1.54, 1.807) is 13.4 Å². The number of nitrogens with zero attached hydrogens (tertiary/aromatic N) is 2. The number of hydrogen-bond donors (Lipinski definition) is 2. The van der Waals surface area contributed by atoms with Crippen LogP contribution in [0.25, 0.3) is 0 Å². The van der Waals surface area contributed by atoms with Gasteiger partial charge >= 0.3 is 0 Å². The third-order valence-electron chi connectivity index (χ3n) is 5.57. The number of rotatable bonds is 9. The van der Waals surface area contributed by atoms with E-state index < -0.39 is 0 Å². The minimum atomic E-state index is 0. The first-order valence-electron chi connectivity index (χ1n) is 11.1. The number of amides is 1. The lowest BCUT2D eigenvalue weighted by Gasteiger charge is -2.33. The highest BCUT2D eigenvalue weighted by atomic mass is 127. The van der Waals surface area contributed by atoms with Crippen LogP contribution < -0.4 is 10.6 Å². The van der Waals surface area contributed by atoms with E-state index in [1.165, 1.54) is 5.56 Å². The highest BCUT2D eigenvalue weighted by Gasteiger charge is 2.23. The summed E-state index contributed by atoms with van der Waals surface area (Å²) in [6.07, 6.45) is 4.69. The molecule has 1 amide bonds. The summed E-state index contributed by atoms with van der Waals surface area (Å²) < 4.78 is 10.4. The maximum absolute atomic E-state index is 12.2. The Morgan fingerprint density at radius 2 is 1.97 bits per heavy atom. The van der Waals surface area contributed by atoms with Crippen LogP contribution in [0.3, 0.4) is 0 Å². The predicted molar refractivity (Wildman–Crippen MR) is 137 cm³/mol. The third kappa shape index (κ3) is 8.46. The van der Waals surface area contributed by atoms with Crippen molar-refractivity contribution in [3.63, 3.8) is 0 Å². The molecule has 0 saturated carbocycles. The summed E-state index contributed by atoms with van der Waals surface area (Å²) in [4.78, 5) is 18.9. The molecule has 7 nitrogen and oxygen atoms in total. The Hall–Kier alpha value is -2.07. The van der Waals surface area contributed by atoms with Crippen LogP contribution in [0.4, 0.5) is 0 Å². The zero-order valence-electron chi connectivity index (χ0n) is 19.0. The van der Waals surface area contributed by atoms with Gasteiger partial charge in [-0.3, -0.25) is 9.79 Å². The maximum atomic E-state index is 12.2. The zero-order chi connectivity index (χ0) is 21.9. The number of piperidine rings is 1. The second-order valence-corrected chi connectivity index (χ2v) is 7.88. The summed E-state index contributed by atoms with van der Waals surface area (Å²) in [5.41, 5.74) is 1.21. The van der Waals surface area contributed by atoms with Crippen LogP contribution >= 0.6 is 24.0 Å². The first-order valence-corrected chi connectivity index (χ1v) is 11.1. The first-order chi connectivity index (χ1) is 15.2. The lowest BCUT2D eigenvalue weighted by Crippen LogP contribution is -2.50. The molecule has 2 heterocycles. The summed E-state index contributed by atoms with van der Waals surface area (Å²) in [6, 6.07) is 14.6. The molecule has 2 aromatic rings. The van der Waals surface area contributed by atoms with Crippen molar-refractivity contribution in [1.82, 2.24) is 15.5 Å². The number of aliphatic imine (C=N–C) groups is 1. The van der Waals surface area contributed by atoms with Gasteiger partial charge in [-0.2, -0.15) is 0 Å². The molecule has 1 saturated heterocycles. The third-order valence-corrected chi connectivity index (χ3v) is 5.57. The molecule has 1 aliphatic rings. The van der Waals surface area contributed by atoms with Crippen molar-refractivity contribution in [2.24, 2.45) is 4.99 Å². The quantitative estimate of drug-likeness (QED) is 0.281. The van der Waals surface area contributed by atoms with E-state index in [2.05, 4.69) is 29.7 Å². The van der Waals surface area contributed by atoms with E-state index in [1.807, 2.05) is 35.2 Å². The molecule has 0 radical (unpaired) electrons. The number of carbonyl (C=O) groups excluding carboxylic acids is 1. The summed E-state index contributed by atoms with van der Waals surface area (Å²) in [7, 11) is 1.62. The van der Waals surface area contributed by atoms with Crippen molar-refractivity contribution in [2.75, 3.05) is 33.4 Å². The van der Waals surface area contributed by atoms with Crippen molar-refractivity contribution >= 4 is 35.8 Å². The van der Waals surface area contributed by atoms with E-state index in [0.717, 1.165) is 44.1 Å². The summed E-state index contributed by atoms with van der Waals surface area (Å²) >= 11 is 0. The topological polar surface area (TPSA) is 79.1 Å². The zero-order valence-corrected chi connectivity index (χ0v) is 21.3. The van der Waals surface area contributed by atoms with Gasteiger partial charge in [0.05, 0.1) is 25.3 Å². The number of ether oxygens (including phenoxy) is 1. The number of likely N-dealkylation sites (tertiary alicyclic amines) is 1. The highest BCUT2D eigenvalue weighted by molar-refractivity contribution is 14.0. The van der Waals surface area contributed by atoms with Gasteiger partial charge in [0.2, 0.25) is 5.91 Å². The van der Waals surface area contributed by atoms with E-state index in [9.17, 15) is 4.79 Å². The molecule has 1 atom stereocenters. The van der Waals surface area contributed by atoms with E-state index in [-0.39, 0.29) is 42.0 Å². The van der Waals surface area contributed by atoms with Crippen LogP contribution in [0.5, 0.6) is 0 Å². The average molecular weight is 554 g/mol. The molecule has 0 aliphatic carbocycles. The van der Waals surface area contributed by atoms with Gasteiger partial charge in [-0.25, -0.2) is 0 Å². The second-order valence-electron chi connectivity index (χ2n) is 7.88. The van der Waals surface area contributed by atoms with Crippen molar-refractivity contribution < 1.29 is 13.9 Å². The van der Waals surface area contributed by atoms with Gasteiger partial charge in [-0.15, -0.1) is 24.0 Å². The van der Waals surface area contributed by atoms with Crippen LogP contribution in [0.15, 0.2) is 58.1 Å². The van der Waals surface area contributed by atoms with Gasteiger partial charge in [0.1, 0.15) is 5.76 Å². The number of benzene rings is 1. The molecule has 0 bridgehead atoms. The van der Waals surface area contributed by atoms with Gasteiger partial charge in [0.15, 0.2) is 5.96 Å². The molecule has 1 aromatic heterocycles. The standard InChI is InChI=1S/C24H34N4O3.HI/c1-19(20-7-4-3-5-8-20)26-24(25-14-10-22-9-6-17-31-22)27-21-11-15-28(16-12-21)23(29)13-18-30-2;/h3-9,17,19,21H,10-16,18H2,1-2H3,(H2,25,26,27);1H. The SMILES string of the molecule is COCCC(=O)N1CCC(NC(=NCCc2ccco2)NC(C)c2ccccc2)CC1.I. The Bertz CT molecular complexity index is 806. The van der Waals surface area contributed by atoms with Crippen molar-refractivity contribution in [1.29, 1.82) is 0 Å². The Balaban J connectivity index is 0.00000363. The molecule has 2 N–H and O–H groups in total. The molecular formula is C24H35IN4O3. The fourth-order valence-corrected chi connectivity index (χ4v) is 3.71. The lowest BCUT2D eigenvalue weighted by molar-refractivity contribution is -0.133. The van der Waals surface area contributed by atoms with E-state index >= 15 is 0 Å². The first kappa shape index (κ1) is 26.2. The monoisotopic (exact) mass is 554 g/mol. The normalized spacial score (nSPS) is 15.7. The van der Waals surface area contributed by atoms with Crippen LogP contribution in [0, 0.1) is 0 Å². The Morgan fingerprint density at radius 3 is 2.62 bits per heavy atom. The van der Waals surface area contributed by atoms with Gasteiger partial charge in [0.25, 0.3) is 0 Å². The molecular weight excluding hydrogens is 519 g/mol. The number of hydrogen-bond acceptors (Lipinski definition) is 4. The van der Waals surface area contributed by atoms with Crippen LogP contribution in [-0.2, 0) is 16.0 Å². The Labute approximate surface area is 208 Å². The molecule has 0 spiro atoms. The number of guanidine groups is 1.